The van der Waals surface area contributed by atoms with Crippen LogP contribution in [0.5, 0.6) is 0 Å². The Labute approximate surface area is 125 Å². The zero-order chi connectivity index (χ0) is 16.1. The van der Waals surface area contributed by atoms with E-state index in [-0.39, 0.29) is 13.0 Å². The van der Waals surface area contributed by atoms with Crippen molar-refractivity contribution >= 4 is 16.9 Å². The van der Waals surface area contributed by atoms with Crippen LogP contribution in [0.15, 0.2) is 23.3 Å². The maximum atomic E-state index is 11.5. The second-order valence-corrected chi connectivity index (χ2v) is 4.62. The molecule has 0 aliphatic heterocycles. The molecule has 0 saturated heterocycles. The monoisotopic (exact) mass is 305 g/mol. The third kappa shape index (κ3) is 3.17. The van der Waals surface area contributed by atoms with Crippen molar-refractivity contribution in [2.45, 2.75) is 18.6 Å². The topological polar surface area (TPSA) is 144 Å². The number of esters is 1. The fourth-order valence-corrected chi connectivity index (χ4v) is 2.09. The number of fused-ring (bicyclic) bond motifs is 1. The Hall–Kier alpha value is -2.61. The van der Waals surface area contributed by atoms with E-state index >= 15 is 0 Å². The van der Waals surface area contributed by atoms with Crippen LogP contribution < -0.4 is 0 Å². The molecule has 0 amide bonds. The van der Waals surface area contributed by atoms with Crippen molar-refractivity contribution in [3.05, 3.63) is 39.9 Å². The van der Waals surface area contributed by atoms with Crippen molar-refractivity contribution in [1.29, 1.82) is 0 Å². The van der Waals surface area contributed by atoms with Crippen molar-refractivity contribution in [2.75, 3.05) is 13.7 Å². The van der Waals surface area contributed by atoms with E-state index in [0.29, 0.717) is 22.2 Å². The second-order valence-electron chi connectivity index (χ2n) is 4.62. The third-order valence-corrected chi connectivity index (χ3v) is 3.25. The Morgan fingerprint density at radius 1 is 1.55 bits per heavy atom. The van der Waals surface area contributed by atoms with Gasteiger partial charge in [0.25, 0.3) is 0 Å². The Kier molecular flexibility index (Phi) is 4.95. The predicted molar refractivity (Wildman–Crippen MR) is 77.0 cm³/mol. The summed E-state index contributed by atoms with van der Waals surface area (Å²) in [6.07, 6.45) is -2.19. The van der Waals surface area contributed by atoms with Gasteiger partial charge in [0, 0.05) is 16.8 Å². The molecular formula is C13H15N5O4. The summed E-state index contributed by atoms with van der Waals surface area (Å²) in [5, 5.41) is 30.6. The zero-order valence-electron chi connectivity index (χ0n) is 11.8. The van der Waals surface area contributed by atoms with Crippen molar-refractivity contribution in [2.24, 2.45) is 5.11 Å². The smallest absolute Gasteiger partial charge is 0.337 e. The summed E-state index contributed by atoms with van der Waals surface area (Å²) in [6.45, 7) is 0.0767. The van der Waals surface area contributed by atoms with E-state index in [2.05, 4.69) is 25.0 Å². The molecule has 1 heterocycles. The second kappa shape index (κ2) is 6.90. The summed E-state index contributed by atoms with van der Waals surface area (Å²) in [4.78, 5) is 14.0. The minimum Gasteiger partial charge on any atom is -0.465 e. The van der Waals surface area contributed by atoms with E-state index in [4.69, 9.17) is 5.53 Å². The van der Waals surface area contributed by atoms with Crippen LogP contribution in [-0.4, -0.2) is 46.1 Å². The van der Waals surface area contributed by atoms with Crippen molar-refractivity contribution in [1.82, 2.24) is 10.2 Å². The molecule has 0 fully saturated rings. The number of ether oxygens (including phenoxy) is 1. The third-order valence-electron chi connectivity index (χ3n) is 3.25. The number of H-pyrrole nitrogens is 1. The van der Waals surface area contributed by atoms with Gasteiger partial charge in [-0.15, -0.1) is 0 Å². The van der Waals surface area contributed by atoms with E-state index in [0.717, 1.165) is 0 Å². The van der Waals surface area contributed by atoms with E-state index in [1.165, 1.54) is 13.2 Å². The van der Waals surface area contributed by atoms with Gasteiger partial charge in [0.1, 0.15) is 6.10 Å². The molecule has 2 rings (SSSR count). The standard InChI is InChI=1S/C13H15N5O4/c1-22-13(21)7-2-3-8-9(6-7)16-17-11(8)12(20)10(19)4-5-15-18-14/h2-3,6,10,12,19-20H,4-5H2,1H3,(H,16,17). The zero-order valence-corrected chi connectivity index (χ0v) is 11.8. The molecule has 0 bridgehead atoms. The number of azide groups is 1. The predicted octanol–water partition coefficient (Wildman–Crippen LogP) is 1.44. The SMILES string of the molecule is COC(=O)c1ccc2c(C(O)C(O)CCN=[N+]=[N-])[nH]nc2c1. The quantitative estimate of drug-likeness (QED) is 0.320. The average Bonchev–Trinajstić information content (AvgIpc) is 2.96. The van der Waals surface area contributed by atoms with Crippen LogP contribution in [0.25, 0.3) is 21.3 Å². The van der Waals surface area contributed by atoms with Gasteiger partial charge in [-0.05, 0) is 30.2 Å². The Morgan fingerprint density at radius 2 is 2.32 bits per heavy atom. The molecule has 1 aromatic carbocycles. The first-order valence-corrected chi connectivity index (χ1v) is 6.51. The first-order valence-electron chi connectivity index (χ1n) is 6.51. The number of aromatic amines is 1. The minimum absolute atomic E-state index is 0.0767. The first kappa shape index (κ1) is 15.8. The minimum atomic E-state index is -1.21. The molecule has 116 valence electrons. The number of aromatic nitrogens is 2. The highest BCUT2D eigenvalue weighted by Crippen LogP contribution is 2.26. The lowest BCUT2D eigenvalue weighted by atomic mass is 10.0. The highest BCUT2D eigenvalue weighted by molar-refractivity contribution is 5.94. The van der Waals surface area contributed by atoms with Crippen LogP contribution in [0.1, 0.15) is 28.6 Å². The van der Waals surface area contributed by atoms with Crippen LogP contribution >= 0.6 is 0 Å². The number of aliphatic hydroxyl groups excluding tert-OH is 2. The maximum absolute atomic E-state index is 11.5. The van der Waals surface area contributed by atoms with Gasteiger partial charge in [-0.3, -0.25) is 5.10 Å². The number of hydrogen-bond donors (Lipinski definition) is 3. The van der Waals surface area contributed by atoms with E-state index in [1.807, 2.05) is 0 Å². The molecule has 9 heteroatoms. The summed E-state index contributed by atoms with van der Waals surface area (Å²) in [7, 11) is 1.28. The number of methoxy groups -OCH3 is 1. The van der Waals surface area contributed by atoms with Crippen LogP contribution in [-0.2, 0) is 4.74 Å². The summed E-state index contributed by atoms with van der Waals surface area (Å²) < 4.78 is 4.63. The highest BCUT2D eigenvalue weighted by Gasteiger charge is 2.22. The Bertz CT molecular complexity index is 722. The molecule has 22 heavy (non-hydrogen) atoms. The molecule has 0 aliphatic rings. The number of aliphatic hydroxyl groups is 2. The molecule has 0 aliphatic carbocycles. The van der Waals surface area contributed by atoms with E-state index < -0.39 is 18.2 Å². The van der Waals surface area contributed by atoms with Crippen LogP contribution in [0, 0.1) is 0 Å². The summed E-state index contributed by atoms with van der Waals surface area (Å²) in [5.74, 6) is -0.485. The van der Waals surface area contributed by atoms with Crippen molar-refractivity contribution in [3.63, 3.8) is 0 Å². The lowest BCUT2D eigenvalue weighted by Gasteiger charge is -2.15. The fourth-order valence-electron chi connectivity index (χ4n) is 2.09. The number of carbonyl (C=O) groups excluding carboxylic acids is 1. The number of rotatable bonds is 6. The summed E-state index contributed by atoms with van der Waals surface area (Å²) in [5.41, 5.74) is 9.34. The number of benzene rings is 1. The fraction of sp³-hybridized carbons (Fsp3) is 0.385. The normalized spacial score (nSPS) is 13.4. The van der Waals surface area contributed by atoms with Gasteiger partial charge in [-0.1, -0.05) is 5.11 Å². The molecule has 9 nitrogen and oxygen atoms in total. The van der Waals surface area contributed by atoms with Gasteiger partial charge >= 0.3 is 5.97 Å². The highest BCUT2D eigenvalue weighted by atomic mass is 16.5. The van der Waals surface area contributed by atoms with E-state index in [9.17, 15) is 15.0 Å². The number of nitrogens with one attached hydrogen (secondary N) is 1. The molecule has 0 spiro atoms. The first-order chi connectivity index (χ1) is 10.6. The Morgan fingerprint density at radius 3 is 3.00 bits per heavy atom. The maximum Gasteiger partial charge on any atom is 0.337 e. The molecule has 1 aromatic heterocycles. The molecule has 2 unspecified atom stereocenters. The average molecular weight is 305 g/mol. The molecule has 0 saturated carbocycles. The van der Waals surface area contributed by atoms with Crippen LogP contribution in [0.3, 0.4) is 0 Å². The van der Waals surface area contributed by atoms with Gasteiger partial charge in [0.15, 0.2) is 0 Å². The summed E-state index contributed by atoms with van der Waals surface area (Å²) >= 11 is 0. The van der Waals surface area contributed by atoms with Crippen LogP contribution in [0.2, 0.25) is 0 Å². The number of carbonyl (C=O) groups is 1. The lowest BCUT2D eigenvalue weighted by Crippen LogP contribution is -2.19. The molecular weight excluding hydrogens is 290 g/mol. The number of nitrogens with zero attached hydrogens (tertiary/aromatic N) is 4. The van der Waals surface area contributed by atoms with Crippen molar-refractivity contribution < 1.29 is 19.7 Å². The molecule has 2 atom stereocenters. The molecule has 2 aromatic rings. The van der Waals surface area contributed by atoms with Gasteiger partial charge < -0.3 is 14.9 Å². The largest absolute Gasteiger partial charge is 0.465 e. The van der Waals surface area contributed by atoms with Gasteiger partial charge in [0.05, 0.1) is 30.0 Å². The van der Waals surface area contributed by atoms with Crippen molar-refractivity contribution in [3.8, 4) is 0 Å². The summed E-state index contributed by atoms with van der Waals surface area (Å²) in [6, 6.07) is 4.69. The van der Waals surface area contributed by atoms with E-state index in [1.54, 1.807) is 12.1 Å². The number of hydrogen-bond acceptors (Lipinski definition) is 6. The van der Waals surface area contributed by atoms with Gasteiger partial charge in [-0.2, -0.15) is 5.10 Å². The molecule has 3 N–H and O–H groups in total. The molecule has 0 radical (unpaired) electrons. The van der Waals surface area contributed by atoms with Gasteiger partial charge in [-0.25, -0.2) is 4.79 Å². The van der Waals surface area contributed by atoms with Gasteiger partial charge in [0.2, 0.25) is 0 Å². The Balaban J connectivity index is 2.24. The lowest BCUT2D eigenvalue weighted by molar-refractivity contribution is 0.0133. The van der Waals surface area contributed by atoms with Crippen LogP contribution in [0.4, 0.5) is 0 Å².